The number of Topliss-reactive ketones (excluding diaryl/α,β-unsaturated/α-hetero) is 1. The topological polar surface area (TPSA) is 26.3 Å². The maximum absolute atomic E-state index is 12.3. The Morgan fingerprint density at radius 3 is 2.85 bits per heavy atom. The number of fused-ring (bicyclic) bond motifs is 1. The Morgan fingerprint density at radius 2 is 2.05 bits per heavy atom. The third-order valence-electron chi connectivity index (χ3n) is 4.72. The summed E-state index contributed by atoms with van der Waals surface area (Å²) in [6.45, 7) is 2.07. The number of benzene rings is 1. The average Bonchev–Trinajstić information content (AvgIpc) is 2.85. The van der Waals surface area contributed by atoms with Crippen molar-refractivity contribution in [3.8, 4) is 5.75 Å². The number of carbonyl (C=O) groups is 1. The van der Waals surface area contributed by atoms with Gasteiger partial charge in [0.15, 0.2) is 5.78 Å². The van der Waals surface area contributed by atoms with Gasteiger partial charge in [-0.2, -0.15) is 0 Å². The van der Waals surface area contributed by atoms with Crippen molar-refractivity contribution in [1.29, 1.82) is 0 Å². The van der Waals surface area contributed by atoms with E-state index in [-0.39, 0.29) is 6.10 Å². The van der Waals surface area contributed by atoms with Crippen LogP contribution in [-0.4, -0.2) is 11.9 Å². The van der Waals surface area contributed by atoms with Gasteiger partial charge < -0.3 is 4.74 Å². The monoisotopic (exact) mass is 272 g/mol. The zero-order valence-corrected chi connectivity index (χ0v) is 12.4. The van der Waals surface area contributed by atoms with E-state index >= 15 is 0 Å². The molecule has 0 N–H and O–H groups in total. The first kappa shape index (κ1) is 13.7. The smallest absolute Gasteiger partial charge is 0.162 e. The summed E-state index contributed by atoms with van der Waals surface area (Å²) < 4.78 is 5.69. The van der Waals surface area contributed by atoms with E-state index < -0.39 is 0 Å². The molecule has 2 aliphatic rings. The van der Waals surface area contributed by atoms with Crippen molar-refractivity contribution >= 4 is 5.78 Å². The molecule has 0 bridgehead atoms. The van der Waals surface area contributed by atoms with E-state index in [9.17, 15) is 4.79 Å². The summed E-state index contributed by atoms with van der Waals surface area (Å²) in [5.74, 6) is 2.05. The van der Waals surface area contributed by atoms with Crippen LogP contribution in [0.1, 0.15) is 67.8 Å². The Morgan fingerprint density at radius 1 is 1.25 bits per heavy atom. The lowest BCUT2D eigenvalue weighted by Gasteiger charge is -2.20. The van der Waals surface area contributed by atoms with Crippen molar-refractivity contribution in [3.05, 3.63) is 29.3 Å². The lowest BCUT2D eigenvalue weighted by Crippen LogP contribution is -2.09. The van der Waals surface area contributed by atoms with Crippen LogP contribution in [0.4, 0.5) is 0 Å². The Labute approximate surface area is 121 Å². The van der Waals surface area contributed by atoms with Crippen molar-refractivity contribution in [2.45, 2.75) is 64.4 Å². The van der Waals surface area contributed by atoms with Gasteiger partial charge >= 0.3 is 0 Å². The molecule has 1 unspecified atom stereocenters. The summed E-state index contributed by atoms with van der Waals surface area (Å²) in [6.07, 6.45) is 9.69. The SMILES string of the molecule is CC1Cc2cc(C(=O)CCC3CCCCC3)ccc2O1. The normalized spacial score (nSPS) is 22.4. The molecule has 1 aliphatic carbocycles. The van der Waals surface area contributed by atoms with Gasteiger partial charge in [-0.3, -0.25) is 4.79 Å². The van der Waals surface area contributed by atoms with Gasteiger partial charge in [-0.25, -0.2) is 0 Å². The lowest BCUT2D eigenvalue weighted by molar-refractivity contribution is 0.0970. The highest BCUT2D eigenvalue weighted by Gasteiger charge is 2.21. The summed E-state index contributed by atoms with van der Waals surface area (Å²) in [5, 5.41) is 0. The molecule has 3 rings (SSSR count). The molecule has 108 valence electrons. The summed E-state index contributed by atoms with van der Waals surface area (Å²) in [4.78, 5) is 12.3. The van der Waals surface area contributed by atoms with Crippen LogP contribution in [-0.2, 0) is 6.42 Å². The van der Waals surface area contributed by atoms with Gasteiger partial charge in [0.1, 0.15) is 11.9 Å². The Kier molecular flexibility index (Phi) is 4.09. The molecule has 1 aromatic carbocycles. The van der Waals surface area contributed by atoms with Gasteiger partial charge in [0.2, 0.25) is 0 Å². The number of carbonyl (C=O) groups excluding carboxylic acids is 1. The van der Waals surface area contributed by atoms with Crippen molar-refractivity contribution in [2.75, 3.05) is 0 Å². The van der Waals surface area contributed by atoms with E-state index in [0.29, 0.717) is 12.2 Å². The Bertz CT molecular complexity index is 486. The molecule has 0 radical (unpaired) electrons. The van der Waals surface area contributed by atoms with Crippen LogP contribution in [0.2, 0.25) is 0 Å². The maximum atomic E-state index is 12.3. The minimum atomic E-state index is 0.248. The summed E-state index contributed by atoms with van der Waals surface area (Å²) in [7, 11) is 0. The Hall–Kier alpha value is -1.31. The first-order valence-electron chi connectivity index (χ1n) is 8.05. The largest absolute Gasteiger partial charge is 0.490 e. The predicted molar refractivity (Wildman–Crippen MR) is 80.4 cm³/mol. The highest BCUT2D eigenvalue weighted by atomic mass is 16.5. The zero-order chi connectivity index (χ0) is 13.9. The average molecular weight is 272 g/mol. The van der Waals surface area contributed by atoms with Crippen LogP contribution in [0.5, 0.6) is 5.75 Å². The quantitative estimate of drug-likeness (QED) is 0.751. The summed E-state index contributed by atoms with van der Waals surface area (Å²) in [6, 6.07) is 5.94. The second kappa shape index (κ2) is 5.99. The van der Waals surface area contributed by atoms with Crippen LogP contribution in [0.25, 0.3) is 0 Å². The molecular weight excluding hydrogens is 248 g/mol. The molecule has 20 heavy (non-hydrogen) atoms. The molecule has 0 spiro atoms. The summed E-state index contributed by atoms with van der Waals surface area (Å²) in [5.41, 5.74) is 2.07. The van der Waals surface area contributed by atoms with Gasteiger partial charge in [0.25, 0.3) is 0 Å². The molecule has 2 heteroatoms. The minimum Gasteiger partial charge on any atom is -0.490 e. The van der Waals surface area contributed by atoms with Gasteiger partial charge in [-0.05, 0) is 43.0 Å². The minimum absolute atomic E-state index is 0.248. The molecule has 0 amide bonds. The number of hydrogen-bond donors (Lipinski definition) is 0. The highest BCUT2D eigenvalue weighted by molar-refractivity contribution is 5.96. The number of ketones is 1. The molecule has 2 nitrogen and oxygen atoms in total. The van der Waals surface area contributed by atoms with Crippen LogP contribution in [0, 0.1) is 5.92 Å². The van der Waals surface area contributed by atoms with Crippen LogP contribution < -0.4 is 4.74 Å². The molecule has 1 aromatic rings. The van der Waals surface area contributed by atoms with Gasteiger partial charge in [-0.1, -0.05) is 32.1 Å². The van der Waals surface area contributed by atoms with Crippen LogP contribution in [0.3, 0.4) is 0 Å². The van der Waals surface area contributed by atoms with Crippen molar-refractivity contribution < 1.29 is 9.53 Å². The lowest BCUT2D eigenvalue weighted by atomic mass is 9.85. The van der Waals surface area contributed by atoms with Crippen molar-refractivity contribution in [1.82, 2.24) is 0 Å². The molecule has 1 saturated carbocycles. The van der Waals surface area contributed by atoms with E-state index in [2.05, 4.69) is 6.92 Å². The summed E-state index contributed by atoms with van der Waals surface area (Å²) >= 11 is 0. The fraction of sp³-hybridized carbons (Fsp3) is 0.611. The molecule has 1 atom stereocenters. The van der Waals surface area contributed by atoms with Crippen LogP contribution in [0.15, 0.2) is 18.2 Å². The van der Waals surface area contributed by atoms with Gasteiger partial charge in [0.05, 0.1) is 0 Å². The number of hydrogen-bond acceptors (Lipinski definition) is 2. The molecule has 1 fully saturated rings. The van der Waals surface area contributed by atoms with E-state index in [4.69, 9.17) is 4.74 Å². The third-order valence-corrected chi connectivity index (χ3v) is 4.72. The predicted octanol–water partition coefficient (Wildman–Crippen LogP) is 4.55. The molecule has 0 aromatic heterocycles. The van der Waals surface area contributed by atoms with Gasteiger partial charge in [0, 0.05) is 18.4 Å². The Balaban J connectivity index is 1.58. The second-order valence-corrected chi connectivity index (χ2v) is 6.42. The van der Waals surface area contributed by atoms with Crippen molar-refractivity contribution in [3.63, 3.8) is 0 Å². The van der Waals surface area contributed by atoms with E-state index in [0.717, 1.165) is 30.1 Å². The van der Waals surface area contributed by atoms with Crippen LogP contribution >= 0.6 is 0 Å². The fourth-order valence-electron chi connectivity index (χ4n) is 3.55. The third kappa shape index (κ3) is 3.05. The van der Waals surface area contributed by atoms with E-state index in [1.807, 2.05) is 18.2 Å². The molecule has 1 aliphatic heterocycles. The standard InChI is InChI=1S/C18H24O2/c1-13-11-16-12-15(8-10-18(16)20-13)17(19)9-7-14-5-3-2-4-6-14/h8,10,12-14H,2-7,9,11H2,1H3. The maximum Gasteiger partial charge on any atom is 0.162 e. The number of ether oxygens (including phenoxy) is 1. The second-order valence-electron chi connectivity index (χ2n) is 6.42. The van der Waals surface area contributed by atoms with Gasteiger partial charge in [-0.15, -0.1) is 0 Å². The van der Waals surface area contributed by atoms with E-state index in [1.54, 1.807) is 0 Å². The highest BCUT2D eigenvalue weighted by Crippen LogP contribution is 2.31. The number of rotatable bonds is 4. The molecule has 0 saturated heterocycles. The first-order valence-corrected chi connectivity index (χ1v) is 8.05. The molecular formula is C18H24O2. The molecule has 1 heterocycles. The van der Waals surface area contributed by atoms with E-state index in [1.165, 1.54) is 37.7 Å². The van der Waals surface area contributed by atoms with Crippen molar-refractivity contribution in [2.24, 2.45) is 5.92 Å². The fourth-order valence-corrected chi connectivity index (χ4v) is 3.55. The zero-order valence-electron chi connectivity index (χ0n) is 12.4. The first-order chi connectivity index (χ1) is 9.72.